The highest BCUT2D eigenvalue weighted by Crippen LogP contribution is 2.25. The third-order valence-corrected chi connectivity index (χ3v) is 4.04. The van der Waals surface area contributed by atoms with Crippen LogP contribution in [0.4, 0.5) is 0 Å². The lowest BCUT2D eigenvalue weighted by molar-refractivity contribution is 0.0668. The molecule has 0 unspecified atom stereocenters. The van der Waals surface area contributed by atoms with E-state index in [9.17, 15) is 4.79 Å². The van der Waals surface area contributed by atoms with Crippen LogP contribution in [0.25, 0.3) is 0 Å². The third-order valence-electron chi connectivity index (χ3n) is 3.45. The molecular formula is C12H18N2OS. The van der Waals surface area contributed by atoms with Crippen molar-refractivity contribution >= 4 is 17.4 Å². The zero-order valence-electron chi connectivity index (χ0n) is 9.85. The van der Waals surface area contributed by atoms with Crippen LogP contribution in [0.1, 0.15) is 37.0 Å². The van der Waals surface area contributed by atoms with Crippen molar-refractivity contribution in [2.45, 2.75) is 26.7 Å². The molecule has 0 N–H and O–H groups in total. The van der Waals surface area contributed by atoms with E-state index in [4.69, 9.17) is 0 Å². The maximum Gasteiger partial charge on any atom is 0.256 e. The topological polar surface area (TPSA) is 33.2 Å². The minimum atomic E-state index is 0.149. The molecule has 0 aromatic carbocycles. The van der Waals surface area contributed by atoms with Gasteiger partial charge in [-0.1, -0.05) is 13.8 Å². The molecule has 0 aliphatic carbocycles. The highest BCUT2D eigenvalue weighted by molar-refractivity contribution is 7.03. The molecular weight excluding hydrogens is 220 g/mol. The van der Waals surface area contributed by atoms with Crippen LogP contribution in [0.15, 0.2) is 11.6 Å². The van der Waals surface area contributed by atoms with Gasteiger partial charge in [0.2, 0.25) is 0 Å². The highest BCUT2D eigenvalue weighted by Gasteiger charge is 2.25. The Balaban J connectivity index is 1.92. The molecule has 2 rings (SSSR count). The van der Waals surface area contributed by atoms with E-state index >= 15 is 0 Å². The number of nitrogens with zero attached hydrogens (tertiary/aromatic N) is 2. The van der Waals surface area contributed by atoms with Crippen molar-refractivity contribution in [2.75, 3.05) is 13.1 Å². The van der Waals surface area contributed by atoms with E-state index in [1.54, 1.807) is 6.20 Å². The van der Waals surface area contributed by atoms with Crippen molar-refractivity contribution in [1.82, 2.24) is 9.27 Å². The smallest absolute Gasteiger partial charge is 0.256 e. The van der Waals surface area contributed by atoms with Crippen LogP contribution in [0.3, 0.4) is 0 Å². The minimum Gasteiger partial charge on any atom is -0.339 e. The second kappa shape index (κ2) is 4.95. The van der Waals surface area contributed by atoms with Gasteiger partial charge in [-0.3, -0.25) is 4.79 Å². The van der Waals surface area contributed by atoms with Crippen LogP contribution in [-0.4, -0.2) is 28.3 Å². The number of rotatable bonds is 2. The summed E-state index contributed by atoms with van der Waals surface area (Å²) in [7, 11) is 0. The third kappa shape index (κ3) is 2.43. The summed E-state index contributed by atoms with van der Waals surface area (Å²) in [5.41, 5.74) is 0.744. The molecule has 1 aliphatic heterocycles. The predicted molar refractivity (Wildman–Crippen MR) is 65.6 cm³/mol. The molecule has 1 amide bonds. The fraction of sp³-hybridized carbons (Fsp3) is 0.667. The van der Waals surface area contributed by atoms with E-state index in [2.05, 4.69) is 18.2 Å². The van der Waals surface area contributed by atoms with Crippen molar-refractivity contribution in [1.29, 1.82) is 0 Å². The molecule has 1 fully saturated rings. The summed E-state index contributed by atoms with van der Waals surface area (Å²) in [5, 5.41) is 1.83. The van der Waals surface area contributed by atoms with Crippen molar-refractivity contribution in [3.8, 4) is 0 Å². The van der Waals surface area contributed by atoms with E-state index < -0.39 is 0 Å². The van der Waals surface area contributed by atoms with Gasteiger partial charge in [0, 0.05) is 18.5 Å². The fourth-order valence-electron chi connectivity index (χ4n) is 2.26. The van der Waals surface area contributed by atoms with Gasteiger partial charge in [0.15, 0.2) is 0 Å². The van der Waals surface area contributed by atoms with Crippen LogP contribution in [0.5, 0.6) is 0 Å². The van der Waals surface area contributed by atoms with Crippen LogP contribution < -0.4 is 0 Å². The predicted octanol–water partition coefficient (Wildman–Crippen LogP) is 2.65. The largest absolute Gasteiger partial charge is 0.339 e. The van der Waals surface area contributed by atoms with Crippen LogP contribution in [0, 0.1) is 11.8 Å². The molecule has 16 heavy (non-hydrogen) atoms. The summed E-state index contributed by atoms with van der Waals surface area (Å²) in [6.45, 7) is 6.34. The molecule has 4 heteroatoms. The number of carbonyl (C=O) groups is 1. The summed E-state index contributed by atoms with van der Waals surface area (Å²) < 4.78 is 3.98. The fourth-order valence-corrected chi connectivity index (χ4v) is 2.77. The Hall–Kier alpha value is -0.900. The molecule has 3 nitrogen and oxygen atoms in total. The van der Waals surface area contributed by atoms with Gasteiger partial charge in [-0.2, -0.15) is 0 Å². The second-order valence-electron chi connectivity index (χ2n) is 4.79. The van der Waals surface area contributed by atoms with Crippen molar-refractivity contribution < 1.29 is 4.79 Å². The van der Waals surface area contributed by atoms with E-state index in [-0.39, 0.29) is 5.91 Å². The molecule has 0 atom stereocenters. The van der Waals surface area contributed by atoms with Gasteiger partial charge >= 0.3 is 0 Å². The molecule has 0 saturated carbocycles. The minimum absolute atomic E-state index is 0.149. The quantitative estimate of drug-likeness (QED) is 0.793. The van der Waals surface area contributed by atoms with Gasteiger partial charge in [0.1, 0.15) is 0 Å². The zero-order valence-corrected chi connectivity index (χ0v) is 10.7. The number of hydrogen-bond acceptors (Lipinski definition) is 3. The molecule has 1 aliphatic rings. The Morgan fingerprint density at radius 3 is 2.69 bits per heavy atom. The second-order valence-corrected chi connectivity index (χ2v) is 5.44. The average Bonchev–Trinajstić information content (AvgIpc) is 2.81. The first-order chi connectivity index (χ1) is 7.68. The number of likely N-dealkylation sites (tertiary alicyclic amines) is 1. The SMILES string of the molecule is CC(C)C1CCN(C(=O)c2cnsc2)CC1. The van der Waals surface area contributed by atoms with Gasteiger partial charge in [-0.05, 0) is 36.2 Å². The molecule has 0 radical (unpaired) electrons. The van der Waals surface area contributed by atoms with E-state index in [0.29, 0.717) is 0 Å². The molecule has 0 bridgehead atoms. The van der Waals surface area contributed by atoms with Crippen LogP contribution >= 0.6 is 11.5 Å². The van der Waals surface area contributed by atoms with Crippen LogP contribution in [-0.2, 0) is 0 Å². The summed E-state index contributed by atoms with van der Waals surface area (Å²) in [4.78, 5) is 14.0. The number of hydrogen-bond donors (Lipinski definition) is 0. The van der Waals surface area contributed by atoms with Crippen molar-refractivity contribution in [3.63, 3.8) is 0 Å². The van der Waals surface area contributed by atoms with Gasteiger partial charge in [0.05, 0.1) is 11.8 Å². The van der Waals surface area contributed by atoms with Gasteiger partial charge in [0.25, 0.3) is 5.91 Å². The number of carbonyl (C=O) groups excluding carboxylic acids is 1. The highest BCUT2D eigenvalue weighted by atomic mass is 32.1. The molecule has 0 spiro atoms. The van der Waals surface area contributed by atoms with E-state index in [0.717, 1.165) is 43.3 Å². The van der Waals surface area contributed by atoms with Gasteiger partial charge < -0.3 is 4.90 Å². The summed E-state index contributed by atoms with van der Waals surface area (Å²) >= 11 is 1.34. The first-order valence-electron chi connectivity index (χ1n) is 5.87. The Kier molecular flexibility index (Phi) is 3.59. The summed E-state index contributed by atoms with van der Waals surface area (Å²) in [5.74, 6) is 1.67. The monoisotopic (exact) mass is 238 g/mol. The summed E-state index contributed by atoms with van der Waals surface area (Å²) in [6, 6.07) is 0. The van der Waals surface area contributed by atoms with E-state index in [1.807, 2.05) is 10.3 Å². The lowest BCUT2D eigenvalue weighted by Crippen LogP contribution is -2.39. The maximum absolute atomic E-state index is 12.0. The number of piperidine rings is 1. The lowest BCUT2D eigenvalue weighted by atomic mass is 9.86. The van der Waals surface area contributed by atoms with Gasteiger partial charge in [-0.25, -0.2) is 4.37 Å². The molecule has 2 heterocycles. The van der Waals surface area contributed by atoms with E-state index in [1.165, 1.54) is 11.5 Å². The van der Waals surface area contributed by atoms with Crippen LogP contribution in [0.2, 0.25) is 0 Å². The van der Waals surface area contributed by atoms with Crippen molar-refractivity contribution in [2.24, 2.45) is 11.8 Å². The Morgan fingerprint density at radius 2 is 2.19 bits per heavy atom. The number of amides is 1. The lowest BCUT2D eigenvalue weighted by Gasteiger charge is -2.33. The molecule has 88 valence electrons. The summed E-state index contributed by atoms with van der Waals surface area (Å²) in [6.07, 6.45) is 3.95. The number of aromatic nitrogens is 1. The average molecular weight is 238 g/mol. The normalized spacial score (nSPS) is 18.1. The van der Waals surface area contributed by atoms with Gasteiger partial charge in [-0.15, -0.1) is 0 Å². The maximum atomic E-state index is 12.0. The van der Waals surface area contributed by atoms with Crippen molar-refractivity contribution in [3.05, 3.63) is 17.1 Å². The first-order valence-corrected chi connectivity index (χ1v) is 6.71. The Bertz CT molecular complexity index is 340. The zero-order chi connectivity index (χ0) is 11.5. The standard InChI is InChI=1S/C12H18N2OS/c1-9(2)10-3-5-14(6-4-10)12(15)11-7-13-16-8-11/h7-10H,3-6H2,1-2H3. The molecule has 1 saturated heterocycles. The Morgan fingerprint density at radius 1 is 1.50 bits per heavy atom. The first kappa shape index (κ1) is 11.6. The molecule has 1 aromatic rings. The molecule has 1 aromatic heterocycles. The Labute approximate surface area is 101 Å².